The third-order valence-corrected chi connectivity index (χ3v) is 4.96. The Kier molecular flexibility index (Phi) is 5.05. The lowest BCUT2D eigenvalue weighted by Crippen LogP contribution is -2.20. The van der Waals surface area contributed by atoms with Gasteiger partial charge in [-0.25, -0.2) is 4.98 Å². The van der Waals surface area contributed by atoms with Crippen molar-refractivity contribution >= 4 is 51.3 Å². The van der Waals surface area contributed by atoms with E-state index >= 15 is 0 Å². The zero-order chi connectivity index (χ0) is 18.8. The molecule has 0 aliphatic rings. The van der Waals surface area contributed by atoms with E-state index in [0.717, 1.165) is 14.7 Å². The maximum atomic E-state index is 13.1. The van der Waals surface area contributed by atoms with Gasteiger partial charge in [-0.3, -0.25) is 4.79 Å². The largest absolute Gasteiger partial charge is 0.282 e. The molecule has 0 aliphatic carbocycles. The number of fused-ring (bicyclic) bond motifs is 1. The minimum atomic E-state index is -0.206. The van der Waals surface area contributed by atoms with E-state index in [1.807, 2.05) is 60.7 Å². The summed E-state index contributed by atoms with van der Waals surface area (Å²) in [4.78, 5) is 17.8. The third kappa shape index (κ3) is 3.79. The van der Waals surface area contributed by atoms with E-state index in [-0.39, 0.29) is 5.56 Å². The van der Waals surface area contributed by atoms with Crippen LogP contribution in [0.3, 0.4) is 0 Å². The van der Waals surface area contributed by atoms with Gasteiger partial charge in [0.15, 0.2) is 5.82 Å². The smallest absolute Gasteiger partial charge is 0.267 e. The van der Waals surface area contributed by atoms with Gasteiger partial charge >= 0.3 is 0 Å². The van der Waals surface area contributed by atoms with E-state index in [9.17, 15) is 4.79 Å². The molecule has 1 aromatic heterocycles. The highest BCUT2D eigenvalue weighted by molar-refractivity contribution is 14.1. The molecule has 4 rings (SSSR count). The van der Waals surface area contributed by atoms with Crippen molar-refractivity contribution in [2.75, 3.05) is 0 Å². The topological polar surface area (TPSA) is 47.2 Å². The van der Waals surface area contributed by atoms with Crippen molar-refractivity contribution in [1.29, 1.82) is 0 Å². The highest BCUT2D eigenvalue weighted by Gasteiger charge is 2.12. The van der Waals surface area contributed by atoms with E-state index in [1.54, 1.807) is 18.3 Å². The zero-order valence-electron chi connectivity index (χ0n) is 14.0. The lowest BCUT2D eigenvalue weighted by molar-refractivity contribution is 0.829. The first-order chi connectivity index (χ1) is 13.1. The average molecular weight is 486 g/mol. The molecule has 0 bridgehead atoms. The predicted octanol–water partition coefficient (Wildman–Crippen LogP) is 5.20. The number of nitrogens with zero attached hydrogens (tertiary/aromatic N) is 3. The van der Waals surface area contributed by atoms with Crippen LogP contribution in [-0.4, -0.2) is 15.9 Å². The van der Waals surface area contributed by atoms with Gasteiger partial charge in [0.2, 0.25) is 0 Å². The monoisotopic (exact) mass is 485 g/mol. The number of benzene rings is 3. The summed E-state index contributed by atoms with van der Waals surface area (Å²) >= 11 is 8.11. The molecular formula is C21H13ClIN3O. The van der Waals surface area contributed by atoms with Gasteiger partial charge in [-0.15, -0.1) is 0 Å². The Morgan fingerprint density at radius 2 is 1.74 bits per heavy atom. The molecule has 0 atom stereocenters. The maximum Gasteiger partial charge on any atom is 0.282 e. The van der Waals surface area contributed by atoms with Crippen LogP contribution in [0.25, 0.3) is 22.3 Å². The Balaban J connectivity index is 1.94. The molecule has 4 aromatic rings. The summed E-state index contributed by atoms with van der Waals surface area (Å²) in [6, 6.07) is 22.4. The van der Waals surface area contributed by atoms with Gasteiger partial charge in [-0.05, 0) is 58.5 Å². The summed E-state index contributed by atoms with van der Waals surface area (Å²) in [6.07, 6.45) is 1.63. The van der Waals surface area contributed by atoms with Crippen molar-refractivity contribution < 1.29 is 0 Å². The van der Waals surface area contributed by atoms with Crippen molar-refractivity contribution in [3.05, 3.63) is 97.3 Å². The second-order valence-corrected chi connectivity index (χ2v) is 7.56. The normalized spacial score (nSPS) is 11.3. The summed E-state index contributed by atoms with van der Waals surface area (Å²) in [6.45, 7) is 0. The second-order valence-electron chi connectivity index (χ2n) is 5.88. The van der Waals surface area contributed by atoms with Crippen LogP contribution in [0.4, 0.5) is 0 Å². The molecule has 0 saturated carbocycles. The minimum absolute atomic E-state index is 0.206. The van der Waals surface area contributed by atoms with E-state index in [4.69, 9.17) is 16.6 Å². The fraction of sp³-hybridized carbons (Fsp3) is 0. The van der Waals surface area contributed by atoms with E-state index in [1.165, 1.54) is 4.68 Å². The van der Waals surface area contributed by atoms with E-state index in [0.29, 0.717) is 21.7 Å². The van der Waals surface area contributed by atoms with E-state index < -0.39 is 0 Å². The molecule has 0 N–H and O–H groups in total. The predicted molar refractivity (Wildman–Crippen MR) is 119 cm³/mol. The number of halogens is 2. The second kappa shape index (κ2) is 7.62. The van der Waals surface area contributed by atoms with Crippen LogP contribution < -0.4 is 5.56 Å². The fourth-order valence-corrected chi connectivity index (χ4v) is 3.32. The van der Waals surface area contributed by atoms with Gasteiger partial charge in [-0.1, -0.05) is 54.1 Å². The van der Waals surface area contributed by atoms with Crippen molar-refractivity contribution in [3.8, 4) is 11.4 Å². The molecule has 0 radical (unpaired) electrons. The molecule has 3 aromatic carbocycles. The lowest BCUT2D eigenvalue weighted by Gasteiger charge is -2.09. The zero-order valence-corrected chi connectivity index (χ0v) is 16.9. The molecule has 0 unspecified atom stereocenters. The lowest BCUT2D eigenvalue weighted by atomic mass is 10.2. The van der Waals surface area contributed by atoms with Crippen LogP contribution in [0.1, 0.15) is 5.56 Å². The number of hydrogen-bond acceptors (Lipinski definition) is 3. The molecule has 0 fully saturated rings. The van der Waals surface area contributed by atoms with Crippen LogP contribution in [-0.2, 0) is 0 Å². The van der Waals surface area contributed by atoms with Crippen molar-refractivity contribution in [1.82, 2.24) is 9.66 Å². The molecule has 0 saturated heterocycles. The molecule has 0 aliphatic heterocycles. The fourth-order valence-electron chi connectivity index (χ4n) is 2.70. The van der Waals surface area contributed by atoms with Crippen molar-refractivity contribution in [3.63, 3.8) is 0 Å². The Hall–Kier alpha value is -2.51. The Labute approximate surface area is 174 Å². The Bertz CT molecular complexity index is 1200. The van der Waals surface area contributed by atoms with Gasteiger partial charge in [0.05, 0.1) is 17.1 Å². The first-order valence-corrected chi connectivity index (χ1v) is 9.65. The standard InChI is InChI=1S/C21H13ClIN3O/c22-16-8-6-14(7-9-16)13-24-26-20(15-4-2-1-3-5-15)25-19-11-10-17(23)12-18(19)21(26)27/h1-13H/b24-13+. The quantitative estimate of drug-likeness (QED) is 0.296. The summed E-state index contributed by atoms with van der Waals surface area (Å²) in [7, 11) is 0. The molecule has 6 heteroatoms. The van der Waals surface area contributed by atoms with Gasteiger partial charge in [0.1, 0.15) is 0 Å². The Morgan fingerprint density at radius 1 is 1.00 bits per heavy atom. The van der Waals surface area contributed by atoms with Crippen LogP contribution in [0.2, 0.25) is 5.02 Å². The summed E-state index contributed by atoms with van der Waals surface area (Å²) in [5.74, 6) is 0.500. The number of rotatable bonds is 3. The summed E-state index contributed by atoms with van der Waals surface area (Å²) < 4.78 is 2.32. The van der Waals surface area contributed by atoms with Crippen molar-refractivity contribution in [2.24, 2.45) is 5.10 Å². The van der Waals surface area contributed by atoms with E-state index in [2.05, 4.69) is 27.7 Å². The number of aromatic nitrogens is 2. The maximum absolute atomic E-state index is 13.1. The van der Waals surface area contributed by atoms with Crippen LogP contribution in [0, 0.1) is 3.57 Å². The first kappa shape index (κ1) is 17.9. The molecule has 27 heavy (non-hydrogen) atoms. The van der Waals surface area contributed by atoms with Crippen molar-refractivity contribution in [2.45, 2.75) is 0 Å². The SMILES string of the molecule is O=c1c2cc(I)ccc2nc(-c2ccccc2)n1/N=C/c1ccc(Cl)cc1. The first-order valence-electron chi connectivity index (χ1n) is 8.19. The summed E-state index contributed by atoms with van der Waals surface area (Å²) in [5.41, 5.74) is 2.11. The molecule has 0 amide bonds. The van der Waals surface area contributed by atoms with Gasteiger partial charge in [-0.2, -0.15) is 9.78 Å². The molecule has 4 nitrogen and oxygen atoms in total. The van der Waals surface area contributed by atoms with Gasteiger partial charge in [0.25, 0.3) is 5.56 Å². The van der Waals surface area contributed by atoms with Crippen LogP contribution in [0.5, 0.6) is 0 Å². The average Bonchev–Trinajstić information content (AvgIpc) is 2.69. The van der Waals surface area contributed by atoms with Gasteiger partial charge < -0.3 is 0 Å². The van der Waals surface area contributed by atoms with Crippen LogP contribution >= 0.6 is 34.2 Å². The van der Waals surface area contributed by atoms with Gasteiger partial charge in [0, 0.05) is 14.2 Å². The Morgan fingerprint density at radius 3 is 2.48 bits per heavy atom. The highest BCUT2D eigenvalue weighted by Crippen LogP contribution is 2.20. The highest BCUT2D eigenvalue weighted by atomic mass is 127. The molecular weight excluding hydrogens is 473 g/mol. The number of hydrogen-bond donors (Lipinski definition) is 0. The summed E-state index contributed by atoms with van der Waals surface area (Å²) in [5, 5.41) is 5.62. The molecule has 1 heterocycles. The van der Waals surface area contributed by atoms with Crippen LogP contribution in [0.15, 0.2) is 82.7 Å². The molecule has 132 valence electrons. The molecule has 0 spiro atoms. The minimum Gasteiger partial charge on any atom is -0.267 e. The third-order valence-electron chi connectivity index (χ3n) is 4.03.